The normalized spacial score (nSPS) is 19.5. The lowest BCUT2D eigenvalue weighted by atomic mass is 10.1. The van der Waals surface area contributed by atoms with Crippen LogP contribution in [-0.2, 0) is 10.0 Å². The number of hydrogen-bond donors (Lipinski definition) is 3. The number of pyridine rings is 1. The Bertz CT molecular complexity index is 1460. The van der Waals surface area contributed by atoms with E-state index in [1.54, 1.807) is 12.1 Å². The fourth-order valence-electron chi connectivity index (χ4n) is 4.21. The Morgan fingerprint density at radius 2 is 1.90 bits per heavy atom. The number of ether oxygens (including phenoxy) is 1. The molecule has 3 aromatic rings. The van der Waals surface area contributed by atoms with Gasteiger partial charge in [-0.2, -0.15) is 4.39 Å². The third-order valence-corrected chi connectivity index (χ3v) is 7.70. The van der Waals surface area contributed by atoms with Crippen molar-refractivity contribution in [3.63, 3.8) is 0 Å². The number of nitrogens with one attached hydrogen (secondary N) is 3. The lowest BCUT2D eigenvalue weighted by molar-refractivity contribution is 0.254. The third kappa shape index (κ3) is 6.74. The first-order valence-electron chi connectivity index (χ1n) is 12.4. The number of alkyl halides is 1. The van der Waals surface area contributed by atoms with Gasteiger partial charge in [-0.25, -0.2) is 36.5 Å². The van der Waals surface area contributed by atoms with E-state index in [4.69, 9.17) is 4.74 Å². The highest BCUT2D eigenvalue weighted by atomic mass is 32.2. The standard InChI is InChI=1S/C25H26F4N6O3S/c26-15-10-16(13-30-12-15)33-25-32-8-5-19(34-25)17-2-1-7-31-24(17)38-20-11-18(27)23(22(29)21(20)28)35-39(36,37)9-6-14-3-4-14/h1-2,5,7-8,11,14-16,30,35H,3-4,6,9-10,12-13H2,(H,32,33,34)/t15-,16?/m0/s1. The summed E-state index contributed by atoms with van der Waals surface area (Å²) >= 11 is 0. The summed E-state index contributed by atoms with van der Waals surface area (Å²) in [5.74, 6) is -5.55. The number of anilines is 2. The summed E-state index contributed by atoms with van der Waals surface area (Å²) in [5.41, 5.74) is -0.549. The molecule has 3 N–H and O–H groups in total. The van der Waals surface area contributed by atoms with Gasteiger partial charge in [0.15, 0.2) is 17.4 Å². The van der Waals surface area contributed by atoms with Crippen LogP contribution >= 0.6 is 0 Å². The number of piperidine rings is 1. The molecule has 0 spiro atoms. The summed E-state index contributed by atoms with van der Waals surface area (Å²) in [7, 11) is -4.08. The van der Waals surface area contributed by atoms with Gasteiger partial charge in [0, 0.05) is 44.0 Å². The van der Waals surface area contributed by atoms with Crippen LogP contribution in [-0.4, -0.2) is 54.4 Å². The van der Waals surface area contributed by atoms with Gasteiger partial charge in [0.25, 0.3) is 0 Å². The van der Waals surface area contributed by atoms with Crippen LogP contribution < -0.4 is 20.1 Å². The summed E-state index contributed by atoms with van der Waals surface area (Å²) in [4.78, 5) is 12.6. The number of aromatic nitrogens is 3. The van der Waals surface area contributed by atoms with Crippen LogP contribution in [0.15, 0.2) is 36.7 Å². The van der Waals surface area contributed by atoms with E-state index in [9.17, 15) is 26.0 Å². The molecule has 0 bridgehead atoms. The minimum atomic E-state index is -4.08. The lowest BCUT2D eigenvalue weighted by Gasteiger charge is -2.26. The molecule has 1 unspecified atom stereocenters. The first kappa shape index (κ1) is 27.1. The van der Waals surface area contributed by atoms with Gasteiger partial charge >= 0.3 is 0 Å². The van der Waals surface area contributed by atoms with E-state index < -0.39 is 45.1 Å². The molecule has 9 nitrogen and oxygen atoms in total. The Labute approximate surface area is 222 Å². The molecule has 0 amide bonds. The smallest absolute Gasteiger partial charge is 0.232 e. The molecule has 5 rings (SSSR count). The van der Waals surface area contributed by atoms with Gasteiger partial charge in [0.1, 0.15) is 11.9 Å². The molecule has 2 atom stereocenters. The molecule has 208 valence electrons. The van der Waals surface area contributed by atoms with Gasteiger partial charge in [-0.1, -0.05) is 12.8 Å². The molecule has 2 aliphatic rings. The van der Waals surface area contributed by atoms with Gasteiger partial charge in [0.05, 0.1) is 17.0 Å². The highest BCUT2D eigenvalue weighted by Crippen LogP contribution is 2.36. The average Bonchev–Trinajstić information content (AvgIpc) is 3.74. The van der Waals surface area contributed by atoms with Crippen molar-refractivity contribution in [2.45, 2.75) is 37.9 Å². The van der Waals surface area contributed by atoms with Crippen molar-refractivity contribution < 1.29 is 30.7 Å². The maximum absolute atomic E-state index is 14.9. The predicted molar refractivity (Wildman–Crippen MR) is 136 cm³/mol. The van der Waals surface area contributed by atoms with E-state index in [2.05, 4.69) is 25.6 Å². The van der Waals surface area contributed by atoms with Crippen molar-refractivity contribution in [2.75, 3.05) is 28.9 Å². The Balaban J connectivity index is 1.36. The second-order valence-electron chi connectivity index (χ2n) is 9.57. The Kier molecular flexibility index (Phi) is 7.84. The predicted octanol–water partition coefficient (Wildman–Crippen LogP) is 4.40. The minimum absolute atomic E-state index is 0.208. The molecular weight excluding hydrogens is 540 g/mol. The van der Waals surface area contributed by atoms with Crippen LogP contribution in [0.5, 0.6) is 11.6 Å². The molecule has 2 aromatic heterocycles. The van der Waals surface area contributed by atoms with Crippen molar-refractivity contribution >= 4 is 21.7 Å². The molecule has 14 heteroatoms. The number of benzene rings is 1. The van der Waals surface area contributed by atoms with Gasteiger partial charge in [-0.3, -0.25) is 4.72 Å². The zero-order valence-corrected chi connectivity index (χ0v) is 21.4. The molecule has 2 fully saturated rings. The first-order chi connectivity index (χ1) is 18.7. The fourth-order valence-corrected chi connectivity index (χ4v) is 5.45. The van der Waals surface area contributed by atoms with E-state index in [0.29, 0.717) is 24.7 Å². The monoisotopic (exact) mass is 566 g/mol. The van der Waals surface area contributed by atoms with Crippen LogP contribution in [0.4, 0.5) is 29.2 Å². The van der Waals surface area contributed by atoms with Gasteiger partial charge < -0.3 is 15.4 Å². The lowest BCUT2D eigenvalue weighted by Crippen LogP contribution is -2.44. The maximum Gasteiger partial charge on any atom is 0.232 e. The number of rotatable bonds is 10. The van der Waals surface area contributed by atoms with Crippen molar-refractivity contribution in [1.82, 2.24) is 20.3 Å². The van der Waals surface area contributed by atoms with Crippen molar-refractivity contribution in [3.05, 3.63) is 54.1 Å². The van der Waals surface area contributed by atoms with Gasteiger partial charge in [-0.15, -0.1) is 0 Å². The number of halogens is 4. The molecule has 1 aliphatic heterocycles. The van der Waals surface area contributed by atoms with Crippen molar-refractivity contribution in [3.8, 4) is 22.9 Å². The summed E-state index contributed by atoms with van der Waals surface area (Å²) in [6.45, 7) is 0.804. The fraction of sp³-hybridized carbons (Fsp3) is 0.400. The van der Waals surface area contributed by atoms with E-state index in [0.717, 1.165) is 12.8 Å². The molecular formula is C25H26F4N6O3S. The van der Waals surface area contributed by atoms with Gasteiger partial charge in [-0.05, 0) is 30.5 Å². The molecule has 0 radical (unpaired) electrons. The summed E-state index contributed by atoms with van der Waals surface area (Å²) in [6.07, 6.45) is 4.26. The Morgan fingerprint density at radius 3 is 2.67 bits per heavy atom. The van der Waals surface area contributed by atoms with Crippen molar-refractivity contribution in [1.29, 1.82) is 0 Å². The van der Waals surface area contributed by atoms with Crippen LogP contribution in [0, 0.1) is 23.4 Å². The van der Waals surface area contributed by atoms with Crippen LogP contribution in [0.2, 0.25) is 0 Å². The number of sulfonamides is 1. The molecule has 39 heavy (non-hydrogen) atoms. The molecule has 3 heterocycles. The van der Waals surface area contributed by atoms with Crippen LogP contribution in [0.25, 0.3) is 11.3 Å². The van der Waals surface area contributed by atoms with Crippen LogP contribution in [0.3, 0.4) is 0 Å². The van der Waals surface area contributed by atoms with Crippen molar-refractivity contribution in [2.24, 2.45) is 5.92 Å². The average molecular weight is 567 g/mol. The van der Waals surface area contributed by atoms with E-state index >= 15 is 0 Å². The maximum atomic E-state index is 14.9. The summed E-state index contributed by atoms with van der Waals surface area (Å²) < 4.78 is 89.9. The summed E-state index contributed by atoms with van der Waals surface area (Å²) in [6, 6.07) is 4.96. The van der Waals surface area contributed by atoms with Crippen LogP contribution in [0.1, 0.15) is 25.7 Å². The summed E-state index contributed by atoms with van der Waals surface area (Å²) in [5, 5.41) is 6.03. The topological polar surface area (TPSA) is 118 Å². The number of hydrogen-bond acceptors (Lipinski definition) is 8. The largest absolute Gasteiger partial charge is 0.435 e. The first-order valence-corrected chi connectivity index (χ1v) is 14.1. The second kappa shape index (κ2) is 11.3. The molecule has 1 saturated carbocycles. The molecule has 1 aliphatic carbocycles. The second-order valence-corrected chi connectivity index (χ2v) is 11.4. The van der Waals surface area contributed by atoms with E-state index in [1.165, 1.54) is 18.5 Å². The van der Waals surface area contributed by atoms with Gasteiger partial charge in [0.2, 0.25) is 27.7 Å². The third-order valence-electron chi connectivity index (χ3n) is 6.41. The zero-order valence-electron chi connectivity index (χ0n) is 20.6. The Morgan fingerprint density at radius 1 is 1.08 bits per heavy atom. The number of nitrogens with zero attached hydrogens (tertiary/aromatic N) is 3. The Hall–Kier alpha value is -3.52. The SMILES string of the molecule is O=S(=O)(CCC1CC1)Nc1c(F)cc(Oc2ncccc2-c2ccnc(NC3CNC[C@@H](F)C3)n2)c(F)c1F. The minimum Gasteiger partial charge on any atom is -0.435 e. The highest BCUT2D eigenvalue weighted by molar-refractivity contribution is 7.92. The zero-order chi connectivity index (χ0) is 27.6. The highest BCUT2D eigenvalue weighted by Gasteiger charge is 2.28. The molecule has 1 aromatic carbocycles. The van der Waals surface area contributed by atoms with E-state index in [-0.39, 0.29) is 48.1 Å². The van der Waals surface area contributed by atoms with E-state index in [1.807, 2.05) is 4.72 Å². The quantitative estimate of drug-likeness (QED) is 0.244. The molecule has 1 saturated heterocycles.